The van der Waals surface area contributed by atoms with Crippen LogP contribution in [0.25, 0.3) is 11.3 Å². The number of hydrogen-bond donors (Lipinski definition) is 2. The molecule has 0 spiro atoms. The van der Waals surface area contributed by atoms with Crippen LogP contribution in [0.3, 0.4) is 0 Å². The fourth-order valence-electron chi connectivity index (χ4n) is 1.63. The number of nitrogens with zero attached hydrogens (tertiary/aromatic N) is 2. The third-order valence-electron chi connectivity index (χ3n) is 2.48. The molecular weight excluding hydrogens is 363 g/mol. The molecule has 2 rings (SSSR count). The molecule has 0 saturated heterocycles. The van der Waals surface area contributed by atoms with Gasteiger partial charge in [0.15, 0.2) is 5.82 Å². The van der Waals surface area contributed by atoms with E-state index in [0.29, 0.717) is 33.0 Å². The topological polar surface area (TPSA) is 107 Å². The first kappa shape index (κ1) is 13.6. The molecular formula is C11H11IN4O3. The van der Waals surface area contributed by atoms with Crippen LogP contribution in [-0.2, 0) is 0 Å². The van der Waals surface area contributed by atoms with E-state index < -0.39 is 4.92 Å². The molecule has 100 valence electrons. The van der Waals surface area contributed by atoms with E-state index in [1.165, 1.54) is 12.1 Å². The summed E-state index contributed by atoms with van der Waals surface area (Å²) in [6.07, 6.45) is 0. The highest BCUT2D eigenvalue weighted by molar-refractivity contribution is 14.1. The number of rotatable bonds is 4. The molecule has 3 N–H and O–H groups in total. The summed E-state index contributed by atoms with van der Waals surface area (Å²) >= 11 is 2.03. The lowest BCUT2D eigenvalue weighted by atomic mass is 10.1. The minimum absolute atomic E-state index is 0.0116. The molecule has 0 atom stereocenters. The lowest BCUT2D eigenvalue weighted by molar-refractivity contribution is -0.384. The molecule has 1 aromatic heterocycles. The van der Waals surface area contributed by atoms with Crippen molar-refractivity contribution in [3.05, 3.63) is 31.9 Å². The van der Waals surface area contributed by atoms with E-state index in [2.05, 4.69) is 10.2 Å². The van der Waals surface area contributed by atoms with Crippen LogP contribution in [0.15, 0.2) is 18.2 Å². The molecule has 8 heteroatoms. The summed E-state index contributed by atoms with van der Waals surface area (Å²) in [7, 11) is 0. The van der Waals surface area contributed by atoms with Crippen molar-refractivity contribution in [2.75, 3.05) is 12.3 Å². The summed E-state index contributed by atoms with van der Waals surface area (Å²) < 4.78 is 6.18. The number of benzene rings is 1. The van der Waals surface area contributed by atoms with Crippen molar-refractivity contribution in [2.24, 2.45) is 0 Å². The van der Waals surface area contributed by atoms with Crippen LogP contribution in [0.1, 0.15) is 6.92 Å². The maximum absolute atomic E-state index is 10.9. The molecule has 0 bridgehead atoms. The molecule has 0 aliphatic rings. The highest BCUT2D eigenvalue weighted by Crippen LogP contribution is 2.36. The Morgan fingerprint density at radius 2 is 2.32 bits per heavy atom. The van der Waals surface area contributed by atoms with E-state index in [-0.39, 0.29) is 5.69 Å². The number of hydrogen-bond acceptors (Lipinski definition) is 5. The van der Waals surface area contributed by atoms with Crippen molar-refractivity contribution >= 4 is 34.1 Å². The van der Waals surface area contributed by atoms with Crippen molar-refractivity contribution in [2.45, 2.75) is 6.92 Å². The Morgan fingerprint density at radius 1 is 1.58 bits per heavy atom. The van der Waals surface area contributed by atoms with Gasteiger partial charge < -0.3 is 10.5 Å². The Morgan fingerprint density at radius 3 is 2.84 bits per heavy atom. The van der Waals surface area contributed by atoms with Crippen LogP contribution >= 0.6 is 22.6 Å². The van der Waals surface area contributed by atoms with E-state index in [1.807, 2.05) is 29.5 Å². The highest BCUT2D eigenvalue weighted by Gasteiger charge is 2.18. The number of aromatic amines is 1. The maximum Gasteiger partial charge on any atom is 0.270 e. The number of nitrogens with one attached hydrogen (secondary N) is 1. The molecule has 1 aromatic carbocycles. The average molecular weight is 374 g/mol. The van der Waals surface area contributed by atoms with Gasteiger partial charge in [-0.3, -0.25) is 15.2 Å². The molecule has 0 amide bonds. The number of anilines is 1. The number of H-pyrrole nitrogens is 1. The molecule has 19 heavy (non-hydrogen) atoms. The first-order valence-corrected chi connectivity index (χ1v) is 6.53. The number of nitro groups is 1. The first-order chi connectivity index (χ1) is 9.04. The predicted octanol–water partition coefficient (Wildman–Crippen LogP) is 2.57. The number of nitrogens with two attached hydrogens (primary N) is 1. The summed E-state index contributed by atoms with van der Waals surface area (Å²) in [5.74, 6) is 0.902. The van der Waals surface area contributed by atoms with Crippen LogP contribution in [-0.4, -0.2) is 21.7 Å². The van der Waals surface area contributed by atoms with Crippen molar-refractivity contribution < 1.29 is 9.66 Å². The van der Waals surface area contributed by atoms with Crippen LogP contribution in [0, 0.1) is 13.7 Å². The fourth-order valence-corrected chi connectivity index (χ4v) is 2.16. The van der Waals surface area contributed by atoms with E-state index in [9.17, 15) is 10.1 Å². The third-order valence-corrected chi connectivity index (χ3v) is 3.57. The number of non-ortho nitro benzene ring substituents is 1. The van der Waals surface area contributed by atoms with Crippen molar-refractivity contribution in [3.8, 4) is 17.0 Å². The van der Waals surface area contributed by atoms with Gasteiger partial charge in [0.05, 0.1) is 20.8 Å². The standard InChI is InChI=1S/C11H11IN4O3/c1-2-19-8-4-3-6(16(17)18)5-7(8)10-9(12)11(13)15-14-10/h3-5H,2H2,1H3,(H3,13,14,15). The van der Waals surface area contributed by atoms with Crippen LogP contribution in [0.5, 0.6) is 5.75 Å². The van der Waals surface area contributed by atoms with Gasteiger partial charge in [-0.15, -0.1) is 0 Å². The van der Waals surface area contributed by atoms with Crippen molar-refractivity contribution in [3.63, 3.8) is 0 Å². The third kappa shape index (κ3) is 2.62. The SMILES string of the molecule is CCOc1ccc([N+](=O)[O-])cc1-c1[nH]nc(N)c1I. The number of nitro benzene ring substituents is 1. The molecule has 1 heterocycles. The van der Waals surface area contributed by atoms with Gasteiger partial charge >= 0.3 is 0 Å². The number of aromatic nitrogens is 2. The van der Waals surface area contributed by atoms with Gasteiger partial charge in [-0.25, -0.2) is 0 Å². The van der Waals surface area contributed by atoms with Gasteiger partial charge in [0.1, 0.15) is 5.75 Å². The highest BCUT2D eigenvalue weighted by atomic mass is 127. The predicted molar refractivity (Wildman–Crippen MR) is 79.0 cm³/mol. The zero-order chi connectivity index (χ0) is 14.0. The Kier molecular flexibility index (Phi) is 3.88. The van der Waals surface area contributed by atoms with Gasteiger partial charge in [-0.05, 0) is 35.6 Å². The minimum atomic E-state index is -0.453. The van der Waals surface area contributed by atoms with E-state index >= 15 is 0 Å². The molecule has 0 unspecified atom stereocenters. The maximum atomic E-state index is 10.9. The Hall–Kier alpha value is -1.84. The number of ether oxygens (including phenoxy) is 1. The van der Waals surface area contributed by atoms with Gasteiger partial charge in [0, 0.05) is 17.7 Å². The summed E-state index contributed by atoms with van der Waals surface area (Å²) in [6.45, 7) is 2.31. The second-order valence-electron chi connectivity index (χ2n) is 3.67. The van der Waals surface area contributed by atoms with E-state index in [0.717, 1.165) is 0 Å². The van der Waals surface area contributed by atoms with Crippen LogP contribution in [0.2, 0.25) is 0 Å². The molecule has 0 fully saturated rings. The number of halogens is 1. The largest absolute Gasteiger partial charge is 0.493 e. The second kappa shape index (κ2) is 5.43. The quantitative estimate of drug-likeness (QED) is 0.486. The Labute approximate surface area is 122 Å². The summed E-state index contributed by atoms with van der Waals surface area (Å²) in [5.41, 5.74) is 6.85. The Balaban J connectivity index is 2.60. The van der Waals surface area contributed by atoms with Crippen LogP contribution in [0.4, 0.5) is 11.5 Å². The first-order valence-electron chi connectivity index (χ1n) is 5.45. The minimum Gasteiger partial charge on any atom is -0.493 e. The summed E-state index contributed by atoms with van der Waals surface area (Å²) in [5, 5.41) is 17.5. The second-order valence-corrected chi connectivity index (χ2v) is 4.75. The van der Waals surface area contributed by atoms with E-state index in [1.54, 1.807) is 6.07 Å². The molecule has 7 nitrogen and oxygen atoms in total. The smallest absolute Gasteiger partial charge is 0.270 e. The molecule has 2 aromatic rings. The summed E-state index contributed by atoms with van der Waals surface area (Å²) in [6, 6.07) is 4.42. The normalized spacial score (nSPS) is 10.4. The van der Waals surface area contributed by atoms with Gasteiger partial charge in [-0.2, -0.15) is 5.10 Å². The molecule has 0 aliphatic carbocycles. The van der Waals surface area contributed by atoms with E-state index in [4.69, 9.17) is 10.5 Å². The monoisotopic (exact) mass is 374 g/mol. The Bertz CT molecular complexity index is 626. The lowest BCUT2D eigenvalue weighted by Gasteiger charge is -2.09. The van der Waals surface area contributed by atoms with Crippen LogP contribution < -0.4 is 10.5 Å². The zero-order valence-electron chi connectivity index (χ0n) is 10.0. The molecule has 0 aliphatic heterocycles. The van der Waals surface area contributed by atoms with Gasteiger partial charge in [0.2, 0.25) is 0 Å². The lowest BCUT2D eigenvalue weighted by Crippen LogP contribution is -1.97. The average Bonchev–Trinajstić information content (AvgIpc) is 2.71. The van der Waals surface area contributed by atoms with Crippen molar-refractivity contribution in [1.82, 2.24) is 10.2 Å². The molecule has 0 saturated carbocycles. The molecule has 0 radical (unpaired) electrons. The summed E-state index contributed by atoms with van der Waals surface area (Å²) in [4.78, 5) is 10.4. The fraction of sp³-hybridized carbons (Fsp3) is 0.182. The zero-order valence-corrected chi connectivity index (χ0v) is 12.2. The van der Waals surface area contributed by atoms with Gasteiger partial charge in [0.25, 0.3) is 5.69 Å². The number of nitrogen functional groups attached to an aromatic ring is 1. The van der Waals surface area contributed by atoms with Crippen molar-refractivity contribution in [1.29, 1.82) is 0 Å². The van der Waals surface area contributed by atoms with Gasteiger partial charge in [-0.1, -0.05) is 0 Å².